The average Bonchev–Trinajstić information content (AvgIpc) is 2.36. The topological polar surface area (TPSA) is 54.5 Å². The number of hydrogen-bond donors (Lipinski definition) is 0. The number of hydrogen-bond acceptors (Lipinski definition) is 3. The van der Waals surface area contributed by atoms with Crippen molar-refractivity contribution in [1.82, 2.24) is 4.90 Å². The number of nitrogens with zero attached hydrogens (tertiary/aromatic N) is 1. The normalized spacial score (nSPS) is 15.9. The molecule has 0 aliphatic carbocycles. The van der Waals surface area contributed by atoms with Crippen molar-refractivity contribution in [2.75, 3.05) is 13.1 Å². The quantitative estimate of drug-likeness (QED) is 0.622. The van der Waals surface area contributed by atoms with E-state index in [0.29, 0.717) is 13.1 Å². The lowest BCUT2D eigenvalue weighted by atomic mass is 10.1. The van der Waals surface area contributed by atoms with Crippen molar-refractivity contribution in [1.29, 1.82) is 0 Å². The summed E-state index contributed by atoms with van der Waals surface area (Å²) in [6.07, 6.45) is 2.76. The van der Waals surface area contributed by atoms with E-state index in [1.165, 1.54) is 0 Å². The monoisotopic (exact) mass is 317 g/mol. The Hall–Kier alpha value is -1.40. The van der Waals surface area contributed by atoms with Crippen molar-refractivity contribution in [3.05, 3.63) is 41.2 Å². The summed E-state index contributed by atoms with van der Waals surface area (Å²) in [5.41, 5.74) is 1.03. The second kappa shape index (κ2) is 5.54. The molecule has 4 nitrogen and oxygen atoms in total. The van der Waals surface area contributed by atoms with Crippen LogP contribution in [-0.4, -0.2) is 32.3 Å². The molecular weight excluding hydrogens is 305 g/mol. The Morgan fingerprint density at radius 2 is 2.05 bits per heavy atom. The highest BCUT2D eigenvalue weighted by Gasteiger charge is 2.21. The molecule has 0 unspecified atom stereocenters. The zero-order valence-electron chi connectivity index (χ0n) is 10.8. The van der Waals surface area contributed by atoms with Gasteiger partial charge in [0.25, 0.3) is 15.0 Å². The molecule has 1 aliphatic rings. The molecule has 1 aromatic rings. The van der Waals surface area contributed by atoms with Gasteiger partial charge in [0.2, 0.25) is 0 Å². The second-order valence-corrected chi connectivity index (χ2v) is 7.25. The third-order valence-electron chi connectivity index (χ3n) is 3.02. The molecule has 1 aliphatic heterocycles. The van der Waals surface area contributed by atoms with E-state index in [4.69, 9.17) is 10.7 Å². The number of halogens is 2. The molecule has 0 spiro atoms. The summed E-state index contributed by atoms with van der Waals surface area (Å²) in [4.78, 5) is 13.4. The van der Waals surface area contributed by atoms with Gasteiger partial charge in [0.1, 0.15) is 5.82 Å². The third-order valence-corrected chi connectivity index (χ3v) is 4.35. The maximum atomic E-state index is 13.5. The number of carbonyl (C=O) groups is 1. The van der Waals surface area contributed by atoms with E-state index in [1.807, 2.05) is 13.0 Å². The minimum atomic E-state index is -4.07. The van der Waals surface area contributed by atoms with Crippen LogP contribution in [0.1, 0.15) is 23.7 Å². The van der Waals surface area contributed by atoms with E-state index in [-0.39, 0.29) is 5.56 Å². The lowest BCUT2D eigenvalue weighted by Gasteiger charge is -2.26. The van der Waals surface area contributed by atoms with E-state index < -0.39 is 25.7 Å². The molecule has 0 saturated heterocycles. The highest BCUT2D eigenvalue weighted by molar-refractivity contribution is 8.13. The van der Waals surface area contributed by atoms with Gasteiger partial charge in [-0.15, -0.1) is 0 Å². The lowest BCUT2D eigenvalue weighted by molar-refractivity contribution is 0.0765. The van der Waals surface area contributed by atoms with Crippen molar-refractivity contribution < 1.29 is 17.6 Å². The molecule has 0 saturated carbocycles. The average molecular weight is 318 g/mol. The molecule has 2 rings (SSSR count). The van der Waals surface area contributed by atoms with Gasteiger partial charge in [0.15, 0.2) is 0 Å². The van der Waals surface area contributed by atoms with Gasteiger partial charge in [-0.1, -0.05) is 11.6 Å². The minimum absolute atomic E-state index is 0.0149. The van der Waals surface area contributed by atoms with Crippen LogP contribution >= 0.6 is 10.7 Å². The van der Waals surface area contributed by atoms with Gasteiger partial charge in [-0.2, -0.15) is 0 Å². The highest BCUT2D eigenvalue weighted by Crippen LogP contribution is 2.20. The van der Waals surface area contributed by atoms with Crippen molar-refractivity contribution in [3.63, 3.8) is 0 Å². The Bertz CT molecular complexity index is 685. The largest absolute Gasteiger partial charge is 0.334 e. The molecule has 0 aromatic heterocycles. The van der Waals surface area contributed by atoms with Crippen LogP contribution in [0.3, 0.4) is 0 Å². The third kappa shape index (κ3) is 3.37. The van der Waals surface area contributed by atoms with E-state index in [0.717, 1.165) is 30.2 Å². The number of benzene rings is 1. The molecule has 1 heterocycles. The van der Waals surface area contributed by atoms with Crippen LogP contribution in [0, 0.1) is 5.82 Å². The smallest absolute Gasteiger partial charge is 0.261 e. The Balaban J connectivity index is 2.36. The lowest BCUT2D eigenvalue weighted by Crippen LogP contribution is -2.35. The molecule has 7 heteroatoms. The molecule has 0 fully saturated rings. The fraction of sp³-hybridized carbons (Fsp3) is 0.308. The molecule has 108 valence electrons. The van der Waals surface area contributed by atoms with Crippen LogP contribution < -0.4 is 0 Å². The predicted octanol–water partition coefficient (Wildman–Crippen LogP) is 2.55. The van der Waals surface area contributed by atoms with E-state index >= 15 is 0 Å². The fourth-order valence-electron chi connectivity index (χ4n) is 2.09. The van der Waals surface area contributed by atoms with Crippen LogP contribution in [0.2, 0.25) is 0 Å². The zero-order valence-corrected chi connectivity index (χ0v) is 12.3. The summed E-state index contributed by atoms with van der Waals surface area (Å²) >= 11 is 0. The van der Waals surface area contributed by atoms with Crippen molar-refractivity contribution >= 4 is 25.6 Å². The SMILES string of the molecule is CC1=CCCN(C(=O)c2cc(F)cc(S(=O)(=O)Cl)c2)C1. The maximum Gasteiger partial charge on any atom is 0.261 e. The van der Waals surface area contributed by atoms with Gasteiger partial charge < -0.3 is 4.90 Å². The standard InChI is InChI=1S/C13H13ClFNO3S/c1-9-3-2-4-16(8-9)13(17)10-5-11(15)7-12(6-10)20(14,18)19/h3,5-7H,2,4,8H2,1H3. The first-order valence-corrected chi connectivity index (χ1v) is 8.28. The predicted molar refractivity (Wildman–Crippen MR) is 73.7 cm³/mol. The first-order valence-electron chi connectivity index (χ1n) is 5.97. The Kier molecular flexibility index (Phi) is 4.15. The summed E-state index contributed by atoms with van der Waals surface area (Å²) in [6.45, 7) is 2.88. The second-order valence-electron chi connectivity index (χ2n) is 4.68. The van der Waals surface area contributed by atoms with Gasteiger partial charge in [-0.3, -0.25) is 4.79 Å². The van der Waals surface area contributed by atoms with Crippen molar-refractivity contribution in [2.24, 2.45) is 0 Å². The Labute approximate surface area is 121 Å². The summed E-state index contributed by atoms with van der Waals surface area (Å²) in [5, 5.41) is 0. The van der Waals surface area contributed by atoms with Crippen LogP contribution in [0.5, 0.6) is 0 Å². The van der Waals surface area contributed by atoms with Crippen molar-refractivity contribution in [2.45, 2.75) is 18.2 Å². The number of rotatable bonds is 2. The van der Waals surface area contributed by atoms with Crippen LogP contribution in [0.25, 0.3) is 0 Å². The van der Waals surface area contributed by atoms with Gasteiger partial charge in [0.05, 0.1) is 4.90 Å². The first kappa shape index (κ1) is 15.0. The Morgan fingerprint density at radius 3 is 2.65 bits per heavy atom. The summed E-state index contributed by atoms with van der Waals surface area (Å²) in [6, 6.07) is 2.91. The zero-order chi connectivity index (χ0) is 14.9. The van der Waals surface area contributed by atoms with Crippen molar-refractivity contribution in [3.8, 4) is 0 Å². The fourth-order valence-corrected chi connectivity index (χ4v) is 2.88. The molecule has 20 heavy (non-hydrogen) atoms. The Morgan fingerprint density at radius 1 is 1.35 bits per heavy atom. The maximum absolute atomic E-state index is 13.5. The number of carbonyl (C=O) groups excluding carboxylic acids is 1. The molecular formula is C13H13ClFNO3S. The molecule has 0 atom stereocenters. The van der Waals surface area contributed by atoms with Gasteiger partial charge in [-0.05, 0) is 31.5 Å². The van der Waals surface area contributed by atoms with E-state index in [2.05, 4.69) is 0 Å². The summed E-state index contributed by atoms with van der Waals surface area (Å²) < 4.78 is 36.0. The molecule has 0 N–H and O–H groups in total. The van der Waals surface area contributed by atoms with Crippen LogP contribution in [-0.2, 0) is 9.05 Å². The first-order chi connectivity index (χ1) is 9.27. The van der Waals surface area contributed by atoms with E-state index in [9.17, 15) is 17.6 Å². The van der Waals surface area contributed by atoms with E-state index in [1.54, 1.807) is 4.90 Å². The molecule has 0 radical (unpaired) electrons. The van der Waals surface area contributed by atoms with Gasteiger partial charge >= 0.3 is 0 Å². The number of amides is 1. The molecule has 0 bridgehead atoms. The van der Waals surface area contributed by atoms with Crippen LogP contribution in [0.4, 0.5) is 4.39 Å². The van der Waals surface area contributed by atoms with Crippen LogP contribution in [0.15, 0.2) is 34.7 Å². The molecule has 1 amide bonds. The van der Waals surface area contributed by atoms with Gasteiger partial charge in [-0.25, -0.2) is 12.8 Å². The highest BCUT2D eigenvalue weighted by atomic mass is 35.7. The summed E-state index contributed by atoms with van der Waals surface area (Å²) in [5.74, 6) is -1.21. The molecule has 1 aromatic carbocycles. The summed E-state index contributed by atoms with van der Waals surface area (Å²) in [7, 11) is 1.11. The van der Waals surface area contributed by atoms with Gasteiger partial charge in [0, 0.05) is 29.3 Å². The minimum Gasteiger partial charge on any atom is -0.334 e.